The van der Waals surface area contributed by atoms with Crippen LogP contribution in [0.1, 0.15) is 70.4 Å². The molecule has 124 valence electrons. The molecule has 1 aromatic rings. The molecular weight excluding hydrogens is 304 g/mol. The predicted molar refractivity (Wildman–Crippen MR) is 88.1 cm³/mol. The van der Waals surface area contributed by atoms with E-state index in [0.29, 0.717) is 23.3 Å². The van der Waals surface area contributed by atoms with Gasteiger partial charge >= 0.3 is 11.9 Å². The third-order valence-corrected chi connectivity index (χ3v) is 6.38. The van der Waals surface area contributed by atoms with Crippen LogP contribution in [0.3, 0.4) is 0 Å². The van der Waals surface area contributed by atoms with Crippen LogP contribution in [0.15, 0.2) is 12.1 Å². The number of aromatic carboxylic acids is 2. The first-order chi connectivity index (χ1) is 11.4. The van der Waals surface area contributed by atoms with E-state index >= 15 is 0 Å². The molecule has 4 nitrogen and oxygen atoms in total. The molecule has 0 saturated heterocycles. The second-order valence-electron chi connectivity index (χ2n) is 7.86. The summed E-state index contributed by atoms with van der Waals surface area (Å²) in [6.45, 7) is 0. The number of carboxylic acid groups (broad SMARTS) is 2. The molecule has 0 spiro atoms. The Morgan fingerprint density at radius 3 is 1.83 bits per heavy atom. The number of rotatable bonds is 3. The Hall–Kier alpha value is -2.28. The van der Waals surface area contributed by atoms with Crippen LogP contribution >= 0.6 is 0 Å². The molecule has 5 rings (SSSR count). The van der Waals surface area contributed by atoms with Gasteiger partial charge in [-0.1, -0.05) is 5.92 Å². The van der Waals surface area contributed by atoms with Gasteiger partial charge < -0.3 is 10.2 Å². The van der Waals surface area contributed by atoms with Gasteiger partial charge in [0.25, 0.3) is 0 Å². The molecule has 24 heavy (non-hydrogen) atoms. The van der Waals surface area contributed by atoms with E-state index in [1.807, 2.05) is 0 Å². The highest BCUT2D eigenvalue weighted by Gasteiger charge is 2.53. The average Bonchev–Trinajstić information content (AvgIpc) is 2.51. The Kier molecular flexibility index (Phi) is 3.25. The fourth-order valence-electron chi connectivity index (χ4n) is 6.08. The summed E-state index contributed by atoms with van der Waals surface area (Å²) < 4.78 is 0. The molecule has 4 saturated carbocycles. The summed E-state index contributed by atoms with van der Waals surface area (Å²) >= 11 is 0. The zero-order valence-electron chi connectivity index (χ0n) is 13.4. The van der Waals surface area contributed by atoms with Crippen molar-refractivity contribution in [3.8, 4) is 12.3 Å². The van der Waals surface area contributed by atoms with Gasteiger partial charge in [-0.2, -0.15) is 0 Å². The van der Waals surface area contributed by atoms with E-state index in [-0.39, 0.29) is 22.1 Å². The zero-order valence-corrected chi connectivity index (χ0v) is 13.4. The molecule has 0 aromatic heterocycles. The fourth-order valence-corrected chi connectivity index (χ4v) is 6.08. The van der Waals surface area contributed by atoms with Gasteiger partial charge in [-0.3, -0.25) is 0 Å². The monoisotopic (exact) mass is 324 g/mol. The van der Waals surface area contributed by atoms with Gasteiger partial charge in [-0.05, 0) is 79.4 Å². The molecule has 0 unspecified atom stereocenters. The van der Waals surface area contributed by atoms with Gasteiger partial charge in [-0.15, -0.1) is 6.42 Å². The Morgan fingerprint density at radius 2 is 1.42 bits per heavy atom. The van der Waals surface area contributed by atoms with Crippen LogP contribution in [0, 0.1) is 30.1 Å². The van der Waals surface area contributed by atoms with Gasteiger partial charge in [-0.25, -0.2) is 9.59 Å². The molecule has 0 radical (unpaired) electrons. The molecule has 4 heteroatoms. The molecule has 4 aliphatic carbocycles. The SMILES string of the molecule is C#Cc1c(C(=O)O)ccc(C(=O)O)c1C12CC3CC(CC(C3)C1)C2. The van der Waals surface area contributed by atoms with Crippen molar-refractivity contribution in [2.24, 2.45) is 17.8 Å². The second-order valence-corrected chi connectivity index (χ2v) is 7.86. The lowest BCUT2D eigenvalue weighted by atomic mass is 9.47. The van der Waals surface area contributed by atoms with Gasteiger partial charge in [0, 0.05) is 5.56 Å². The Morgan fingerprint density at radius 1 is 0.958 bits per heavy atom. The summed E-state index contributed by atoms with van der Waals surface area (Å²) in [5, 5.41) is 19.2. The molecule has 4 fully saturated rings. The maximum Gasteiger partial charge on any atom is 0.336 e. The van der Waals surface area contributed by atoms with Crippen molar-refractivity contribution in [3.63, 3.8) is 0 Å². The van der Waals surface area contributed by atoms with Crippen LogP contribution in [0.4, 0.5) is 0 Å². The predicted octanol–water partition coefficient (Wildman–Crippen LogP) is 3.53. The highest BCUT2D eigenvalue weighted by molar-refractivity contribution is 5.96. The van der Waals surface area contributed by atoms with E-state index in [0.717, 1.165) is 19.3 Å². The van der Waals surface area contributed by atoms with Crippen molar-refractivity contribution in [1.82, 2.24) is 0 Å². The number of hydrogen-bond acceptors (Lipinski definition) is 2. The molecule has 4 aliphatic rings. The van der Waals surface area contributed by atoms with Crippen LogP contribution < -0.4 is 0 Å². The van der Waals surface area contributed by atoms with Crippen molar-refractivity contribution in [3.05, 3.63) is 34.4 Å². The lowest BCUT2D eigenvalue weighted by molar-refractivity contribution is -0.00597. The molecule has 0 aliphatic heterocycles. The standard InChI is InChI=1S/C20H20O4/c1-2-14-15(18(21)22)3-4-16(19(23)24)17(14)20-8-11-5-12(9-20)7-13(6-11)10-20/h1,3-4,11-13H,5-10H2,(H,21,22)(H,23,24). The zero-order chi connectivity index (χ0) is 17.1. The Balaban J connectivity index is 1.97. The Bertz CT molecular complexity index is 748. The van der Waals surface area contributed by atoms with Gasteiger partial charge in [0.1, 0.15) is 0 Å². The van der Waals surface area contributed by atoms with E-state index in [1.54, 1.807) is 0 Å². The molecule has 1 aromatic carbocycles. The highest BCUT2D eigenvalue weighted by atomic mass is 16.4. The molecular formula is C20H20O4. The number of carbonyl (C=O) groups is 2. The molecule has 2 N–H and O–H groups in total. The van der Waals surface area contributed by atoms with E-state index in [4.69, 9.17) is 6.42 Å². The van der Waals surface area contributed by atoms with Gasteiger partial charge in [0.2, 0.25) is 0 Å². The van der Waals surface area contributed by atoms with Crippen molar-refractivity contribution < 1.29 is 19.8 Å². The fraction of sp³-hybridized carbons (Fsp3) is 0.500. The van der Waals surface area contributed by atoms with Crippen LogP contribution in [-0.2, 0) is 5.41 Å². The number of benzene rings is 1. The topological polar surface area (TPSA) is 74.6 Å². The first kappa shape index (κ1) is 15.3. The van der Waals surface area contributed by atoms with Crippen LogP contribution in [0.5, 0.6) is 0 Å². The number of hydrogen-bond donors (Lipinski definition) is 2. The Labute approximate surface area is 140 Å². The lowest BCUT2D eigenvalue weighted by Crippen LogP contribution is -2.49. The molecule has 0 atom stereocenters. The van der Waals surface area contributed by atoms with E-state index in [2.05, 4.69) is 5.92 Å². The van der Waals surface area contributed by atoms with E-state index in [9.17, 15) is 19.8 Å². The van der Waals surface area contributed by atoms with Crippen LogP contribution in [0.25, 0.3) is 0 Å². The van der Waals surface area contributed by atoms with Crippen molar-refractivity contribution in [1.29, 1.82) is 0 Å². The third kappa shape index (κ3) is 2.07. The summed E-state index contributed by atoms with van der Waals surface area (Å²) in [6.07, 6.45) is 12.2. The van der Waals surface area contributed by atoms with E-state index < -0.39 is 11.9 Å². The first-order valence-electron chi connectivity index (χ1n) is 8.54. The normalized spacial score (nSPS) is 33.2. The average molecular weight is 324 g/mol. The molecule has 0 amide bonds. The van der Waals surface area contributed by atoms with Crippen molar-refractivity contribution >= 4 is 11.9 Å². The smallest absolute Gasteiger partial charge is 0.336 e. The lowest BCUT2D eigenvalue weighted by Gasteiger charge is -2.57. The highest BCUT2D eigenvalue weighted by Crippen LogP contribution is 2.61. The van der Waals surface area contributed by atoms with Crippen LogP contribution in [-0.4, -0.2) is 22.2 Å². The number of carboxylic acids is 2. The third-order valence-electron chi connectivity index (χ3n) is 6.38. The summed E-state index contributed by atoms with van der Waals surface area (Å²) in [7, 11) is 0. The van der Waals surface area contributed by atoms with Crippen molar-refractivity contribution in [2.75, 3.05) is 0 Å². The minimum absolute atomic E-state index is 0.0493. The molecule has 0 heterocycles. The second kappa shape index (κ2) is 5.11. The minimum Gasteiger partial charge on any atom is -0.478 e. The van der Waals surface area contributed by atoms with Crippen molar-refractivity contribution in [2.45, 2.75) is 43.9 Å². The maximum absolute atomic E-state index is 11.8. The quantitative estimate of drug-likeness (QED) is 0.834. The summed E-state index contributed by atoms with van der Waals surface area (Å²) in [5.74, 6) is 2.28. The first-order valence-corrected chi connectivity index (χ1v) is 8.54. The van der Waals surface area contributed by atoms with Crippen LogP contribution in [0.2, 0.25) is 0 Å². The summed E-state index contributed by atoms with van der Waals surface area (Å²) in [6, 6.07) is 2.77. The molecule has 4 bridgehead atoms. The summed E-state index contributed by atoms with van der Waals surface area (Å²) in [5.41, 5.74) is 0.888. The minimum atomic E-state index is -1.09. The van der Waals surface area contributed by atoms with E-state index in [1.165, 1.54) is 31.4 Å². The summed E-state index contributed by atoms with van der Waals surface area (Å²) in [4.78, 5) is 23.4. The van der Waals surface area contributed by atoms with Gasteiger partial charge in [0.15, 0.2) is 0 Å². The number of terminal acetylenes is 1. The maximum atomic E-state index is 11.8. The largest absolute Gasteiger partial charge is 0.478 e. The van der Waals surface area contributed by atoms with Gasteiger partial charge in [0.05, 0.1) is 11.1 Å².